The number of benzene rings is 1. The van der Waals surface area contributed by atoms with Crippen molar-refractivity contribution < 1.29 is 9.84 Å². The Morgan fingerprint density at radius 1 is 1.53 bits per heavy atom. The van der Waals surface area contributed by atoms with Crippen molar-refractivity contribution in [1.82, 2.24) is 4.90 Å². The zero-order valence-corrected chi connectivity index (χ0v) is 12.4. The molecule has 1 N–H and O–H groups in total. The van der Waals surface area contributed by atoms with Crippen LogP contribution in [-0.4, -0.2) is 36.3 Å². The third-order valence-corrected chi connectivity index (χ3v) is 4.14. The molecule has 0 aliphatic carbocycles. The lowest BCUT2D eigenvalue weighted by Crippen LogP contribution is -2.39. The second-order valence-electron chi connectivity index (χ2n) is 5.35. The Balaban J connectivity index is 1.98. The first kappa shape index (κ1) is 14.6. The van der Waals surface area contributed by atoms with E-state index in [2.05, 4.69) is 11.0 Å². The quantitative estimate of drug-likeness (QED) is 0.922. The number of piperidine rings is 1. The van der Waals surface area contributed by atoms with Gasteiger partial charge in [-0.1, -0.05) is 17.7 Å². The van der Waals surface area contributed by atoms with Gasteiger partial charge in [0, 0.05) is 13.1 Å². The molecule has 106 valence electrons. The molecule has 2 unspecified atom stereocenters. The van der Waals surface area contributed by atoms with E-state index in [-0.39, 0.29) is 6.10 Å². The second kappa shape index (κ2) is 6.60. The number of rotatable bonds is 4. The third kappa shape index (κ3) is 3.85. The summed E-state index contributed by atoms with van der Waals surface area (Å²) in [5.41, 5.74) is 1.19. The van der Waals surface area contributed by atoms with Gasteiger partial charge in [0.15, 0.2) is 0 Å². The molecule has 1 aliphatic rings. The first-order valence-corrected chi connectivity index (χ1v) is 7.20. The standard InChI is InChI=1S/C15H22ClNO2/c1-11(18)13-4-3-7-17(10-13)9-12-5-6-15(19-2)14(16)8-12/h5-6,8,11,13,18H,3-4,7,9-10H2,1-2H3. The number of likely N-dealkylation sites (tertiary alicyclic amines) is 1. The largest absolute Gasteiger partial charge is 0.495 e. The van der Waals surface area contributed by atoms with Gasteiger partial charge in [-0.05, 0) is 49.9 Å². The summed E-state index contributed by atoms with van der Waals surface area (Å²) in [4.78, 5) is 2.39. The lowest BCUT2D eigenvalue weighted by atomic mass is 9.93. The van der Waals surface area contributed by atoms with E-state index in [4.69, 9.17) is 16.3 Å². The van der Waals surface area contributed by atoms with E-state index in [0.717, 1.165) is 32.5 Å². The number of halogens is 1. The molecule has 2 atom stereocenters. The highest BCUT2D eigenvalue weighted by Gasteiger charge is 2.23. The Morgan fingerprint density at radius 3 is 2.95 bits per heavy atom. The number of aliphatic hydroxyl groups is 1. The first-order chi connectivity index (χ1) is 9.10. The van der Waals surface area contributed by atoms with E-state index in [1.807, 2.05) is 19.1 Å². The highest BCUT2D eigenvalue weighted by atomic mass is 35.5. The van der Waals surface area contributed by atoms with Gasteiger partial charge in [0.05, 0.1) is 18.2 Å². The van der Waals surface area contributed by atoms with Gasteiger partial charge in [0.1, 0.15) is 5.75 Å². The Bertz CT molecular complexity index is 423. The maximum Gasteiger partial charge on any atom is 0.137 e. The minimum atomic E-state index is -0.220. The summed E-state index contributed by atoms with van der Waals surface area (Å²) >= 11 is 6.14. The molecule has 0 aromatic heterocycles. The Kier molecular flexibility index (Phi) is 5.08. The fourth-order valence-electron chi connectivity index (χ4n) is 2.70. The summed E-state index contributed by atoms with van der Waals surface area (Å²) in [6.45, 7) is 4.82. The van der Waals surface area contributed by atoms with E-state index < -0.39 is 0 Å². The Labute approximate surface area is 120 Å². The fourth-order valence-corrected chi connectivity index (χ4v) is 2.98. The average molecular weight is 284 g/mol. The van der Waals surface area contributed by atoms with Crippen LogP contribution in [0.15, 0.2) is 18.2 Å². The van der Waals surface area contributed by atoms with Crippen LogP contribution < -0.4 is 4.74 Å². The van der Waals surface area contributed by atoms with Crippen LogP contribution in [0.2, 0.25) is 5.02 Å². The predicted octanol–water partition coefficient (Wildman–Crippen LogP) is 2.94. The molecule has 1 saturated heterocycles. The molecular formula is C15H22ClNO2. The van der Waals surface area contributed by atoms with Crippen molar-refractivity contribution in [2.24, 2.45) is 5.92 Å². The van der Waals surface area contributed by atoms with Crippen LogP contribution in [0, 0.1) is 5.92 Å². The van der Waals surface area contributed by atoms with E-state index in [9.17, 15) is 5.11 Å². The summed E-state index contributed by atoms with van der Waals surface area (Å²) in [6, 6.07) is 5.93. The van der Waals surface area contributed by atoms with E-state index in [1.54, 1.807) is 7.11 Å². The van der Waals surface area contributed by atoms with Crippen molar-refractivity contribution in [2.45, 2.75) is 32.4 Å². The summed E-state index contributed by atoms with van der Waals surface area (Å²) in [5.74, 6) is 1.10. The number of hydrogen-bond acceptors (Lipinski definition) is 3. The van der Waals surface area contributed by atoms with Crippen molar-refractivity contribution >= 4 is 11.6 Å². The van der Waals surface area contributed by atoms with Crippen molar-refractivity contribution in [3.05, 3.63) is 28.8 Å². The molecule has 0 bridgehead atoms. The molecule has 2 rings (SSSR count). The zero-order chi connectivity index (χ0) is 13.8. The SMILES string of the molecule is COc1ccc(CN2CCCC(C(C)O)C2)cc1Cl. The van der Waals surface area contributed by atoms with Gasteiger partial charge in [-0.25, -0.2) is 0 Å². The number of aliphatic hydroxyl groups excluding tert-OH is 1. The molecule has 1 aliphatic heterocycles. The molecule has 1 aromatic rings. The Hall–Kier alpha value is -0.770. The number of hydrogen-bond donors (Lipinski definition) is 1. The van der Waals surface area contributed by atoms with Crippen molar-refractivity contribution in [3.63, 3.8) is 0 Å². The number of methoxy groups -OCH3 is 1. The molecule has 1 heterocycles. The first-order valence-electron chi connectivity index (χ1n) is 6.83. The van der Waals surface area contributed by atoms with E-state index in [0.29, 0.717) is 16.7 Å². The molecule has 3 nitrogen and oxygen atoms in total. The Morgan fingerprint density at radius 2 is 2.32 bits per heavy atom. The van der Waals surface area contributed by atoms with Crippen LogP contribution in [-0.2, 0) is 6.54 Å². The van der Waals surface area contributed by atoms with Crippen LogP contribution in [0.5, 0.6) is 5.75 Å². The number of nitrogens with zero attached hydrogens (tertiary/aromatic N) is 1. The van der Waals surface area contributed by atoms with Gasteiger partial charge >= 0.3 is 0 Å². The molecule has 0 saturated carbocycles. The maximum absolute atomic E-state index is 9.71. The topological polar surface area (TPSA) is 32.7 Å². The smallest absolute Gasteiger partial charge is 0.137 e. The molecule has 1 fully saturated rings. The van der Waals surface area contributed by atoms with Crippen molar-refractivity contribution in [3.8, 4) is 5.75 Å². The van der Waals surface area contributed by atoms with Crippen LogP contribution in [0.4, 0.5) is 0 Å². The molecule has 19 heavy (non-hydrogen) atoms. The fraction of sp³-hybridized carbons (Fsp3) is 0.600. The monoisotopic (exact) mass is 283 g/mol. The zero-order valence-electron chi connectivity index (χ0n) is 11.6. The minimum Gasteiger partial charge on any atom is -0.495 e. The molecular weight excluding hydrogens is 262 g/mol. The minimum absolute atomic E-state index is 0.220. The second-order valence-corrected chi connectivity index (χ2v) is 5.75. The van der Waals surface area contributed by atoms with Gasteiger partial charge < -0.3 is 9.84 Å². The lowest BCUT2D eigenvalue weighted by molar-refractivity contribution is 0.0599. The van der Waals surface area contributed by atoms with Crippen LogP contribution in [0.3, 0.4) is 0 Å². The summed E-state index contributed by atoms with van der Waals surface area (Å²) < 4.78 is 5.16. The maximum atomic E-state index is 9.71. The van der Waals surface area contributed by atoms with Gasteiger partial charge in [-0.2, -0.15) is 0 Å². The van der Waals surface area contributed by atoms with Crippen molar-refractivity contribution in [2.75, 3.05) is 20.2 Å². The molecule has 0 spiro atoms. The highest BCUT2D eigenvalue weighted by molar-refractivity contribution is 6.32. The van der Waals surface area contributed by atoms with Gasteiger partial charge in [-0.3, -0.25) is 4.90 Å². The van der Waals surface area contributed by atoms with E-state index in [1.165, 1.54) is 5.56 Å². The number of ether oxygens (including phenoxy) is 1. The molecule has 1 aromatic carbocycles. The third-order valence-electron chi connectivity index (χ3n) is 3.85. The van der Waals surface area contributed by atoms with Crippen molar-refractivity contribution in [1.29, 1.82) is 0 Å². The van der Waals surface area contributed by atoms with Crippen LogP contribution >= 0.6 is 11.6 Å². The average Bonchev–Trinajstić information content (AvgIpc) is 2.39. The summed E-state index contributed by atoms with van der Waals surface area (Å²) in [6.07, 6.45) is 2.05. The van der Waals surface area contributed by atoms with Gasteiger partial charge in [0.25, 0.3) is 0 Å². The molecule has 4 heteroatoms. The predicted molar refractivity (Wildman–Crippen MR) is 77.7 cm³/mol. The van der Waals surface area contributed by atoms with Gasteiger partial charge in [0.2, 0.25) is 0 Å². The van der Waals surface area contributed by atoms with E-state index >= 15 is 0 Å². The summed E-state index contributed by atoms with van der Waals surface area (Å²) in [5, 5.41) is 10.4. The van der Waals surface area contributed by atoms with Crippen LogP contribution in [0.25, 0.3) is 0 Å². The molecule has 0 radical (unpaired) electrons. The summed E-state index contributed by atoms with van der Waals surface area (Å²) in [7, 11) is 1.62. The molecule has 0 amide bonds. The highest BCUT2D eigenvalue weighted by Crippen LogP contribution is 2.27. The van der Waals surface area contributed by atoms with Gasteiger partial charge in [-0.15, -0.1) is 0 Å². The van der Waals surface area contributed by atoms with Crippen LogP contribution in [0.1, 0.15) is 25.3 Å². The normalized spacial score (nSPS) is 22.2. The lowest BCUT2D eigenvalue weighted by Gasteiger charge is -2.34.